The van der Waals surface area contributed by atoms with E-state index < -0.39 is 0 Å². The molecule has 11 heavy (non-hydrogen) atoms. The highest BCUT2D eigenvalue weighted by Gasteiger charge is 2.07. The molecule has 0 aromatic heterocycles. The zero-order chi connectivity index (χ0) is 8.91. The summed E-state index contributed by atoms with van der Waals surface area (Å²) in [5.74, 6) is -0.308. The van der Waals surface area contributed by atoms with Crippen molar-refractivity contribution in [1.82, 2.24) is 0 Å². The van der Waals surface area contributed by atoms with E-state index in [0.717, 1.165) is 6.54 Å². The Labute approximate surface area is 67.8 Å². The van der Waals surface area contributed by atoms with Gasteiger partial charge in [-0.15, -0.1) is 0 Å². The quantitative estimate of drug-likeness (QED) is 0.328. The first-order valence-corrected chi connectivity index (χ1v) is 3.39. The van der Waals surface area contributed by atoms with Crippen molar-refractivity contribution < 1.29 is 14.3 Å². The van der Waals surface area contributed by atoms with Crippen LogP contribution in [0.4, 0.5) is 0 Å². The van der Waals surface area contributed by atoms with Crippen LogP contribution in [0.3, 0.4) is 0 Å². The monoisotopic (exact) mass is 157 g/mol. The molecule has 0 bridgehead atoms. The fourth-order valence-corrected chi connectivity index (χ4v) is 0.723. The Morgan fingerprint density at radius 3 is 2.55 bits per heavy atom. The summed E-state index contributed by atoms with van der Waals surface area (Å²) in [5, 5.41) is 10.8. The van der Waals surface area contributed by atoms with Gasteiger partial charge < -0.3 is 9.84 Å². The molecule has 0 aromatic rings. The van der Waals surface area contributed by atoms with Crippen LogP contribution in [0.5, 0.6) is 0 Å². The van der Waals surface area contributed by atoms with Crippen molar-refractivity contribution in [3.8, 4) is 0 Å². The third kappa shape index (κ3) is 4.44. The number of methoxy groups -OCH3 is 1. The lowest BCUT2D eigenvalue weighted by molar-refractivity contribution is -0.835. The van der Waals surface area contributed by atoms with Gasteiger partial charge in [0, 0.05) is 0 Å². The number of likely N-dealkylation sites (N-methyl/N-ethyl adjacent to an activating group) is 1. The molecule has 0 saturated heterocycles. The lowest BCUT2D eigenvalue weighted by Crippen LogP contribution is -2.35. The minimum absolute atomic E-state index is 0.308. The van der Waals surface area contributed by atoms with Gasteiger partial charge in [0.2, 0.25) is 0 Å². The molecular formula is C8H15NO2. The number of rotatable bonds is 4. The summed E-state index contributed by atoms with van der Waals surface area (Å²) < 4.78 is 4.96. The average molecular weight is 157 g/mol. The minimum atomic E-state index is -0.308. The Morgan fingerprint density at radius 2 is 2.18 bits per heavy atom. The first kappa shape index (κ1) is 10.0. The Kier molecular flexibility index (Phi) is 3.68. The van der Waals surface area contributed by atoms with E-state index in [0.29, 0.717) is 4.48 Å². The molecule has 0 spiro atoms. The predicted octanol–water partition coefficient (Wildman–Crippen LogP) is 0.0544. The molecule has 0 heterocycles. The summed E-state index contributed by atoms with van der Waals surface area (Å²) in [4.78, 5) is 0. The Bertz CT molecular complexity index is 161. The molecule has 0 aliphatic carbocycles. The van der Waals surface area contributed by atoms with E-state index in [1.54, 1.807) is 6.08 Å². The van der Waals surface area contributed by atoms with Crippen molar-refractivity contribution in [2.75, 3.05) is 27.7 Å². The maximum absolute atomic E-state index is 10.8. The van der Waals surface area contributed by atoms with E-state index >= 15 is 0 Å². The van der Waals surface area contributed by atoms with Crippen molar-refractivity contribution in [2.24, 2.45) is 0 Å². The lowest BCUT2D eigenvalue weighted by Gasteiger charge is -2.25. The summed E-state index contributed by atoms with van der Waals surface area (Å²) in [5.41, 5.74) is 0. The van der Waals surface area contributed by atoms with Gasteiger partial charge in [-0.25, -0.2) is 0 Å². The van der Waals surface area contributed by atoms with Gasteiger partial charge in [0.15, 0.2) is 0 Å². The van der Waals surface area contributed by atoms with Crippen LogP contribution in [-0.2, 0) is 4.74 Å². The molecule has 0 saturated carbocycles. The number of nitrogens with zero attached hydrogens (tertiary/aromatic N) is 1. The van der Waals surface area contributed by atoms with Crippen molar-refractivity contribution in [2.45, 2.75) is 0 Å². The van der Waals surface area contributed by atoms with Crippen LogP contribution < -0.4 is 5.11 Å². The fraction of sp³-hybridized carbons (Fsp3) is 0.500. The highest BCUT2D eigenvalue weighted by Crippen LogP contribution is 2.00. The molecule has 0 aromatic carbocycles. The minimum Gasteiger partial charge on any atom is -0.613 e. The second-order valence-corrected chi connectivity index (χ2v) is 2.90. The highest BCUT2D eigenvalue weighted by molar-refractivity contribution is 4.73. The summed E-state index contributed by atoms with van der Waals surface area (Å²) in [7, 11) is 5.17. The average Bonchev–Trinajstić information content (AvgIpc) is 1.86. The maximum atomic E-state index is 10.8. The normalized spacial score (nSPS) is 12.8. The number of ether oxygens (including phenoxy) is 1. The standard InChI is InChI=1S/C8H15NO2/c1-5-6-9(2,3)7-8(10)11-4/h5,7H,1,6H2,2-4H3/b8-7+. The Hall–Kier alpha value is -0.960. The molecule has 0 atom stereocenters. The van der Waals surface area contributed by atoms with Gasteiger partial charge in [0.25, 0.3) is 0 Å². The van der Waals surface area contributed by atoms with Crippen LogP contribution in [-0.4, -0.2) is 32.2 Å². The zero-order valence-corrected chi connectivity index (χ0v) is 7.33. The van der Waals surface area contributed by atoms with E-state index in [4.69, 9.17) is 0 Å². The Morgan fingerprint density at radius 1 is 1.64 bits per heavy atom. The molecule has 0 fully saturated rings. The maximum Gasteiger partial charge on any atom is 0.118 e. The first-order valence-electron chi connectivity index (χ1n) is 3.39. The molecule has 0 amide bonds. The second kappa shape index (κ2) is 4.03. The fourth-order valence-electron chi connectivity index (χ4n) is 0.723. The van der Waals surface area contributed by atoms with Crippen molar-refractivity contribution >= 4 is 0 Å². The van der Waals surface area contributed by atoms with E-state index in [9.17, 15) is 5.11 Å². The van der Waals surface area contributed by atoms with Crippen molar-refractivity contribution in [1.29, 1.82) is 0 Å². The third-order valence-electron chi connectivity index (χ3n) is 1.26. The van der Waals surface area contributed by atoms with Gasteiger partial charge >= 0.3 is 0 Å². The van der Waals surface area contributed by atoms with Crippen LogP contribution in [0, 0.1) is 0 Å². The summed E-state index contributed by atoms with van der Waals surface area (Å²) in [6.07, 6.45) is 3.26. The van der Waals surface area contributed by atoms with Crippen LogP contribution in [0.2, 0.25) is 0 Å². The predicted molar refractivity (Wildman–Crippen MR) is 42.3 cm³/mol. The van der Waals surface area contributed by atoms with E-state index in [-0.39, 0.29) is 5.95 Å². The first-order chi connectivity index (χ1) is 5.02. The van der Waals surface area contributed by atoms with E-state index in [1.165, 1.54) is 13.3 Å². The highest BCUT2D eigenvalue weighted by atomic mass is 16.6. The zero-order valence-electron chi connectivity index (χ0n) is 7.33. The molecule has 0 aliphatic heterocycles. The summed E-state index contributed by atoms with van der Waals surface area (Å²) in [6.45, 7) is 4.31. The van der Waals surface area contributed by atoms with Gasteiger partial charge in [0.1, 0.15) is 18.7 Å². The molecule has 0 N–H and O–H groups in total. The van der Waals surface area contributed by atoms with Crippen LogP contribution in [0.25, 0.3) is 0 Å². The SMILES string of the molecule is C=CC[N+](C)(C)/C=C(\[O-])OC. The molecule has 3 heteroatoms. The molecule has 3 nitrogen and oxygen atoms in total. The number of hydrogen-bond acceptors (Lipinski definition) is 2. The van der Waals surface area contributed by atoms with Gasteiger partial charge in [-0.3, -0.25) is 4.48 Å². The van der Waals surface area contributed by atoms with E-state index in [1.807, 2.05) is 14.1 Å². The molecule has 64 valence electrons. The van der Waals surface area contributed by atoms with E-state index in [2.05, 4.69) is 11.3 Å². The topological polar surface area (TPSA) is 32.3 Å². The van der Waals surface area contributed by atoms with Crippen LogP contribution >= 0.6 is 0 Å². The van der Waals surface area contributed by atoms with Gasteiger partial charge in [0.05, 0.1) is 14.1 Å². The molecule has 0 aliphatic rings. The van der Waals surface area contributed by atoms with Gasteiger partial charge in [-0.2, -0.15) is 0 Å². The smallest absolute Gasteiger partial charge is 0.118 e. The summed E-state index contributed by atoms with van der Waals surface area (Å²) >= 11 is 0. The van der Waals surface area contributed by atoms with Crippen molar-refractivity contribution in [3.05, 3.63) is 24.8 Å². The van der Waals surface area contributed by atoms with Crippen LogP contribution in [0.15, 0.2) is 24.8 Å². The molecule has 0 unspecified atom stereocenters. The lowest BCUT2D eigenvalue weighted by atomic mass is 10.5. The Balaban J connectivity index is 4.19. The number of quaternary nitrogens is 1. The van der Waals surface area contributed by atoms with Gasteiger partial charge in [-0.05, 0) is 13.2 Å². The molecule has 0 rings (SSSR count). The van der Waals surface area contributed by atoms with Gasteiger partial charge in [-0.1, -0.05) is 6.58 Å². The second-order valence-electron chi connectivity index (χ2n) is 2.90. The van der Waals surface area contributed by atoms with Crippen molar-refractivity contribution in [3.63, 3.8) is 0 Å². The molecule has 0 radical (unpaired) electrons. The number of hydrogen-bond donors (Lipinski definition) is 0. The molecular weight excluding hydrogens is 142 g/mol. The summed E-state index contributed by atoms with van der Waals surface area (Å²) in [6, 6.07) is 0. The van der Waals surface area contributed by atoms with Crippen LogP contribution in [0.1, 0.15) is 0 Å². The third-order valence-corrected chi connectivity index (χ3v) is 1.26. The largest absolute Gasteiger partial charge is 0.613 e.